The summed E-state index contributed by atoms with van der Waals surface area (Å²) in [6.07, 6.45) is 0.820. The molecule has 21 heavy (non-hydrogen) atoms. The number of hydrogen-bond acceptors (Lipinski definition) is 6. The van der Waals surface area contributed by atoms with Gasteiger partial charge in [0.25, 0.3) is 5.76 Å². The Balaban J connectivity index is 2.22. The molecule has 0 aliphatic carbocycles. The Morgan fingerprint density at radius 3 is 2.52 bits per heavy atom. The molecule has 0 unspecified atom stereocenters. The van der Waals surface area contributed by atoms with Gasteiger partial charge < -0.3 is 10.5 Å². The summed E-state index contributed by atoms with van der Waals surface area (Å²) in [6, 6.07) is 6.63. The van der Waals surface area contributed by atoms with Gasteiger partial charge in [0.15, 0.2) is 5.82 Å². The summed E-state index contributed by atoms with van der Waals surface area (Å²) in [5, 5.41) is 0. The minimum Gasteiger partial charge on any atom is -0.463 e. The summed E-state index contributed by atoms with van der Waals surface area (Å²) in [5.41, 5.74) is 6.28. The van der Waals surface area contributed by atoms with Crippen LogP contribution < -0.4 is 10.5 Å². The molecule has 2 N–H and O–H groups in total. The zero-order chi connectivity index (χ0) is 15.2. The molecule has 0 saturated carbocycles. The number of benzene rings is 1. The molecule has 0 saturated heterocycles. The lowest BCUT2D eigenvalue weighted by Crippen LogP contribution is -2.05. The molecule has 2 aromatic rings. The lowest BCUT2D eigenvalue weighted by atomic mass is 10.2. The van der Waals surface area contributed by atoms with Crippen LogP contribution >= 0.6 is 11.8 Å². The van der Waals surface area contributed by atoms with Crippen LogP contribution in [0.15, 0.2) is 29.2 Å². The van der Waals surface area contributed by atoms with Crippen LogP contribution in [0.1, 0.15) is 13.3 Å². The highest BCUT2D eigenvalue weighted by Gasteiger charge is 2.09. The maximum atomic E-state index is 12.3. The number of halogens is 2. The highest BCUT2D eigenvalue weighted by atomic mass is 32.2. The van der Waals surface area contributed by atoms with E-state index in [1.807, 2.05) is 6.92 Å². The normalized spacial score (nSPS) is 10.9. The van der Waals surface area contributed by atoms with Gasteiger partial charge in [0.1, 0.15) is 0 Å². The Morgan fingerprint density at radius 2 is 1.90 bits per heavy atom. The molecule has 2 rings (SSSR count). The Hall–Kier alpha value is -1.96. The second-order valence-corrected chi connectivity index (χ2v) is 5.11. The van der Waals surface area contributed by atoms with E-state index in [0.29, 0.717) is 34.7 Å². The highest BCUT2D eigenvalue weighted by Crippen LogP contribution is 2.27. The highest BCUT2D eigenvalue weighted by molar-refractivity contribution is 7.99. The quantitative estimate of drug-likeness (QED) is 0.826. The maximum absolute atomic E-state index is 12.3. The van der Waals surface area contributed by atoms with Crippen LogP contribution in [0.25, 0.3) is 11.4 Å². The average molecular weight is 312 g/mol. The van der Waals surface area contributed by atoms with Crippen LogP contribution in [-0.2, 0) is 0 Å². The Morgan fingerprint density at radius 1 is 1.19 bits per heavy atom. The van der Waals surface area contributed by atoms with E-state index in [2.05, 4.69) is 15.0 Å². The van der Waals surface area contributed by atoms with Crippen molar-refractivity contribution >= 4 is 17.7 Å². The number of nitrogens with zero attached hydrogens (tertiary/aromatic N) is 3. The van der Waals surface area contributed by atoms with Crippen molar-refractivity contribution in [3.8, 4) is 17.4 Å². The Labute approximate surface area is 125 Å². The third kappa shape index (κ3) is 4.52. The van der Waals surface area contributed by atoms with Gasteiger partial charge >= 0.3 is 6.01 Å². The summed E-state index contributed by atoms with van der Waals surface area (Å²) in [7, 11) is 0. The fourth-order valence-electron chi connectivity index (χ4n) is 1.54. The Kier molecular flexibility index (Phi) is 5.26. The van der Waals surface area contributed by atoms with E-state index in [0.717, 1.165) is 6.42 Å². The van der Waals surface area contributed by atoms with Gasteiger partial charge in [0.2, 0.25) is 5.95 Å². The largest absolute Gasteiger partial charge is 0.463 e. The van der Waals surface area contributed by atoms with E-state index in [-0.39, 0.29) is 12.0 Å². The van der Waals surface area contributed by atoms with Gasteiger partial charge in [-0.25, -0.2) is 0 Å². The molecule has 0 atom stereocenters. The van der Waals surface area contributed by atoms with Gasteiger partial charge in [-0.15, -0.1) is 0 Å². The number of anilines is 1. The number of ether oxygens (including phenoxy) is 1. The molecule has 1 heterocycles. The van der Waals surface area contributed by atoms with Crippen LogP contribution in [0.5, 0.6) is 6.01 Å². The summed E-state index contributed by atoms with van der Waals surface area (Å²) in [4.78, 5) is 12.5. The molecule has 0 aliphatic heterocycles. The van der Waals surface area contributed by atoms with E-state index in [1.165, 1.54) is 0 Å². The lowest BCUT2D eigenvalue weighted by Gasteiger charge is -2.06. The monoisotopic (exact) mass is 312 g/mol. The minimum absolute atomic E-state index is 0.0529. The second-order valence-electron chi connectivity index (χ2n) is 4.05. The topological polar surface area (TPSA) is 73.9 Å². The molecule has 1 aromatic carbocycles. The summed E-state index contributed by atoms with van der Waals surface area (Å²) >= 11 is 0.484. The third-order valence-electron chi connectivity index (χ3n) is 2.41. The number of thioether (sulfide) groups is 1. The predicted molar refractivity (Wildman–Crippen MR) is 77.3 cm³/mol. The molecule has 112 valence electrons. The van der Waals surface area contributed by atoms with E-state index in [9.17, 15) is 8.78 Å². The molecule has 0 aliphatic rings. The molecule has 0 radical (unpaired) electrons. The van der Waals surface area contributed by atoms with Gasteiger partial charge in [-0.05, 0) is 18.6 Å². The molecule has 0 bridgehead atoms. The van der Waals surface area contributed by atoms with E-state index < -0.39 is 5.76 Å². The third-order valence-corrected chi connectivity index (χ3v) is 3.13. The van der Waals surface area contributed by atoms with Crippen LogP contribution in [0, 0.1) is 0 Å². The number of hydrogen-bond donors (Lipinski definition) is 1. The van der Waals surface area contributed by atoms with Crippen molar-refractivity contribution in [3.63, 3.8) is 0 Å². The van der Waals surface area contributed by atoms with Crippen molar-refractivity contribution in [2.75, 3.05) is 12.3 Å². The molecular weight excluding hydrogens is 298 g/mol. The lowest BCUT2D eigenvalue weighted by molar-refractivity contribution is 0.252. The molecular formula is C13H14F2N4OS. The first kappa shape index (κ1) is 15.4. The van der Waals surface area contributed by atoms with Crippen LogP contribution in [0.2, 0.25) is 0 Å². The van der Waals surface area contributed by atoms with Gasteiger partial charge in [0.05, 0.1) is 6.61 Å². The van der Waals surface area contributed by atoms with E-state index >= 15 is 0 Å². The Bertz CT molecular complexity index is 595. The van der Waals surface area contributed by atoms with E-state index in [4.69, 9.17) is 10.5 Å². The van der Waals surface area contributed by atoms with Crippen molar-refractivity contribution in [2.24, 2.45) is 0 Å². The number of rotatable bonds is 6. The van der Waals surface area contributed by atoms with E-state index in [1.54, 1.807) is 24.3 Å². The second kappa shape index (κ2) is 7.16. The van der Waals surface area contributed by atoms with Gasteiger partial charge in [0, 0.05) is 10.5 Å². The first-order chi connectivity index (χ1) is 10.1. The van der Waals surface area contributed by atoms with Crippen LogP contribution in [-0.4, -0.2) is 27.3 Å². The molecule has 0 fully saturated rings. The fourth-order valence-corrected chi connectivity index (χ4v) is 2.04. The summed E-state index contributed by atoms with van der Waals surface area (Å²) in [5.74, 6) is -2.04. The van der Waals surface area contributed by atoms with Gasteiger partial charge in [-0.1, -0.05) is 30.8 Å². The maximum Gasteiger partial charge on any atom is 0.321 e. The average Bonchev–Trinajstić information content (AvgIpc) is 2.44. The first-order valence-electron chi connectivity index (χ1n) is 6.28. The predicted octanol–water partition coefficient (Wildman–Crippen LogP) is 3.22. The number of nitrogens with two attached hydrogens (primary N) is 1. The van der Waals surface area contributed by atoms with Gasteiger partial charge in [-0.3, -0.25) is 0 Å². The van der Waals surface area contributed by atoms with Crippen molar-refractivity contribution < 1.29 is 13.5 Å². The van der Waals surface area contributed by atoms with Crippen molar-refractivity contribution in [1.82, 2.24) is 15.0 Å². The standard InChI is InChI=1S/C13H14F2N4OS/c1-2-7-20-13-18-10(17-12(16)19-13)8-3-5-9(6-4-8)21-11(14)15/h3-6,11H,2,7H2,1H3,(H2,16,17,18,19). The molecule has 8 heteroatoms. The zero-order valence-electron chi connectivity index (χ0n) is 11.3. The van der Waals surface area contributed by atoms with Crippen molar-refractivity contribution in [3.05, 3.63) is 24.3 Å². The van der Waals surface area contributed by atoms with Crippen molar-refractivity contribution in [2.45, 2.75) is 24.0 Å². The number of nitrogen functional groups attached to an aromatic ring is 1. The first-order valence-corrected chi connectivity index (χ1v) is 7.16. The fraction of sp³-hybridized carbons (Fsp3) is 0.308. The molecule has 0 spiro atoms. The minimum atomic E-state index is -2.45. The molecule has 0 amide bonds. The SMILES string of the molecule is CCCOc1nc(N)nc(-c2ccc(SC(F)F)cc2)n1. The number of alkyl halides is 2. The van der Waals surface area contributed by atoms with Crippen LogP contribution in [0.4, 0.5) is 14.7 Å². The summed E-state index contributed by atoms with van der Waals surface area (Å²) in [6.45, 7) is 2.44. The van der Waals surface area contributed by atoms with Crippen molar-refractivity contribution in [1.29, 1.82) is 0 Å². The smallest absolute Gasteiger partial charge is 0.321 e. The zero-order valence-corrected chi connectivity index (χ0v) is 12.1. The summed E-state index contributed by atoms with van der Waals surface area (Å²) < 4.78 is 29.9. The van der Waals surface area contributed by atoms with Gasteiger partial charge in [-0.2, -0.15) is 23.7 Å². The number of aromatic nitrogens is 3. The molecule has 5 nitrogen and oxygen atoms in total. The van der Waals surface area contributed by atoms with Crippen LogP contribution in [0.3, 0.4) is 0 Å². The molecule has 1 aromatic heterocycles.